The van der Waals surface area contributed by atoms with Crippen molar-refractivity contribution in [3.05, 3.63) is 69.3 Å². The molecule has 2 rings (SSSR count). The molecule has 0 aromatic heterocycles. The summed E-state index contributed by atoms with van der Waals surface area (Å²) in [6.45, 7) is 0. The number of aliphatic carboxylic acids is 1. The minimum absolute atomic E-state index is 0.462. The lowest BCUT2D eigenvalue weighted by molar-refractivity contribution is -0.308. The SMILES string of the molecule is O=C([O-])C(Cc1ccccc1)c1ccc(I)cc1. The van der Waals surface area contributed by atoms with Gasteiger partial charge in [0.2, 0.25) is 0 Å². The van der Waals surface area contributed by atoms with Crippen LogP contribution in [-0.2, 0) is 11.2 Å². The average molecular weight is 351 g/mol. The largest absolute Gasteiger partial charge is 0.549 e. The average Bonchev–Trinajstić information content (AvgIpc) is 2.38. The van der Waals surface area contributed by atoms with Crippen LogP contribution in [0.2, 0.25) is 0 Å². The molecule has 0 spiro atoms. The van der Waals surface area contributed by atoms with Gasteiger partial charge in [0.25, 0.3) is 0 Å². The maximum absolute atomic E-state index is 11.3. The van der Waals surface area contributed by atoms with Crippen LogP contribution in [-0.4, -0.2) is 5.97 Å². The molecule has 1 atom stereocenters. The minimum Gasteiger partial charge on any atom is -0.549 e. The number of carboxylic acid groups (broad SMARTS) is 1. The number of hydrogen-bond donors (Lipinski definition) is 0. The van der Waals surface area contributed by atoms with E-state index in [1.54, 1.807) is 0 Å². The molecule has 18 heavy (non-hydrogen) atoms. The summed E-state index contributed by atoms with van der Waals surface area (Å²) in [7, 11) is 0. The maximum Gasteiger partial charge on any atom is 0.0492 e. The second kappa shape index (κ2) is 6.00. The number of rotatable bonds is 4. The van der Waals surface area contributed by atoms with E-state index >= 15 is 0 Å². The zero-order valence-corrected chi connectivity index (χ0v) is 11.8. The molecule has 2 aromatic carbocycles. The van der Waals surface area contributed by atoms with E-state index < -0.39 is 11.9 Å². The second-order valence-electron chi connectivity index (χ2n) is 4.11. The van der Waals surface area contributed by atoms with Gasteiger partial charge in [0.1, 0.15) is 0 Å². The van der Waals surface area contributed by atoms with E-state index in [1.165, 1.54) is 0 Å². The van der Waals surface area contributed by atoms with Gasteiger partial charge in [-0.2, -0.15) is 0 Å². The van der Waals surface area contributed by atoms with Gasteiger partial charge in [0, 0.05) is 15.5 Å². The number of halogens is 1. The van der Waals surface area contributed by atoms with Crippen LogP contribution < -0.4 is 5.11 Å². The van der Waals surface area contributed by atoms with Crippen LogP contribution >= 0.6 is 22.6 Å². The van der Waals surface area contributed by atoms with Crippen molar-refractivity contribution >= 4 is 28.6 Å². The summed E-state index contributed by atoms with van der Waals surface area (Å²) >= 11 is 2.20. The normalized spacial score (nSPS) is 12.1. The van der Waals surface area contributed by atoms with Crippen LogP contribution in [0.4, 0.5) is 0 Å². The molecule has 0 saturated carbocycles. The Morgan fingerprint density at radius 2 is 1.67 bits per heavy atom. The highest BCUT2D eigenvalue weighted by atomic mass is 127. The standard InChI is InChI=1S/C15H13IO2/c16-13-8-6-12(7-9-13)14(15(17)18)10-11-4-2-1-3-5-11/h1-9,14H,10H2,(H,17,18)/p-1. The lowest BCUT2D eigenvalue weighted by Crippen LogP contribution is -2.31. The molecule has 0 bridgehead atoms. The second-order valence-corrected chi connectivity index (χ2v) is 5.36. The van der Waals surface area contributed by atoms with Gasteiger partial charge in [-0.25, -0.2) is 0 Å². The summed E-state index contributed by atoms with van der Waals surface area (Å²) in [5.41, 5.74) is 1.80. The molecule has 0 fully saturated rings. The topological polar surface area (TPSA) is 40.1 Å². The van der Waals surface area contributed by atoms with Crippen LogP contribution in [0.15, 0.2) is 54.6 Å². The predicted molar refractivity (Wildman–Crippen MR) is 77.1 cm³/mol. The Morgan fingerprint density at radius 1 is 1.06 bits per heavy atom. The van der Waals surface area contributed by atoms with Crippen LogP contribution in [0.5, 0.6) is 0 Å². The summed E-state index contributed by atoms with van der Waals surface area (Å²) in [5.74, 6) is -1.62. The molecule has 0 amide bonds. The highest BCUT2D eigenvalue weighted by Crippen LogP contribution is 2.21. The van der Waals surface area contributed by atoms with Crippen molar-refractivity contribution in [2.24, 2.45) is 0 Å². The third-order valence-electron chi connectivity index (χ3n) is 2.84. The molecule has 3 heteroatoms. The fraction of sp³-hybridized carbons (Fsp3) is 0.133. The first-order valence-electron chi connectivity index (χ1n) is 5.67. The van der Waals surface area contributed by atoms with Gasteiger partial charge >= 0.3 is 0 Å². The van der Waals surface area contributed by atoms with Crippen molar-refractivity contribution in [2.75, 3.05) is 0 Å². The van der Waals surface area contributed by atoms with Gasteiger partial charge in [-0.1, -0.05) is 42.5 Å². The summed E-state index contributed by atoms with van der Waals surface area (Å²) in [5, 5.41) is 11.3. The first-order valence-corrected chi connectivity index (χ1v) is 6.75. The van der Waals surface area contributed by atoms with E-state index in [2.05, 4.69) is 22.6 Å². The smallest absolute Gasteiger partial charge is 0.0492 e. The lowest BCUT2D eigenvalue weighted by atomic mass is 9.92. The van der Waals surface area contributed by atoms with E-state index in [4.69, 9.17) is 0 Å². The Morgan fingerprint density at radius 3 is 2.22 bits per heavy atom. The molecular formula is C15H12IO2-. The number of hydrogen-bond acceptors (Lipinski definition) is 2. The Balaban J connectivity index is 2.24. The number of carbonyl (C=O) groups is 1. The Hall–Kier alpha value is -1.36. The quantitative estimate of drug-likeness (QED) is 0.794. The maximum atomic E-state index is 11.3. The van der Waals surface area contributed by atoms with Gasteiger partial charge < -0.3 is 9.90 Å². The van der Waals surface area contributed by atoms with E-state index in [9.17, 15) is 9.90 Å². The molecule has 0 N–H and O–H groups in total. The van der Waals surface area contributed by atoms with Crippen LogP contribution in [0.3, 0.4) is 0 Å². The first kappa shape index (κ1) is 13.1. The Kier molecular flexibility index (Phi) is 4.36. The fourth-order valence-electron chi connectivity index (χ4n) is 1.88. The zero-order valence-electron chi connectivity index (χ0n) is 9.68. The van der Waals surface area contributed by atoms with E-state index in [-0.39, 0.29) is 0 Å². The number of carbonyl (C=O) groups excluding carboxylic acids is 1. The Bertz CT molecular complexity index is 520. The van der Waals surface area contributed by atoms with E-state index in [1.807, 2.05) is 54.6 Å². The molecule has 0 radical (unpaired) electrons. The Labute approximate surface area is 120 Å². The molecule has 2 aromatic rings. The van der Waals surface area contributed by atoms with Crippen molar-refractivity contribution in [3.8, 4) is 0 Å². The summed E-state index contributed by atoms with van der Waals surface area (Å²) in [6.07, 6.45) is 0.462. The monoisotopic (exact) mass is 351 g/mol. The molecule has 1 unspecified atom stereocenters. The third-order valence-corrected chi connectivity index (χ3v) is 3.56. The number of carboxylic acids is 1. The zero-order chi connectivity index (χ0) is 13.0. The van der Waals surface area contributed by atoms with Crippen molar-refractivity contribution in [1.29, 1.82) is 0 Å². The molecule has 0 heterocycles. The highest BCUT2D eigenvalue weighted by molar-refractivity contribution is 14.1. The molecular weight excluding hydrogens is 339 g/mol. The number of benzene rings is 2. The van der Waals surface area contributed by atoms with Gasteiger partial charge in [0.15, 0.2) is 0 Å². The summed E-state index contributed by atoms with van der Waals surface area (Å²) in [6, 6.07) is 17.1. The minimum atomic E-state index is -1.03. The van der Waals surface area contributed by atoms with E-state index in [0.717, 1.165) is 14.7 Å². The van der Waals surface area contributed by atoms with Crippen molar-refractivity contribution < 1.29 is 9.90 Å². The van der Waals surface area contributed by atoms with Gasteiger partial charge in [-0.15, -0.1) is 0 Å². The predicted octanol–water partition coefficient (Wildman–Crippen LogP) is 2.37. The summed E-state index contributed by atoms with van der Waals surface area (Å²) < 4.78 is 1.09. The molecule has 92 valence electrons. The lowest BCUT2D eigenvalue weighted by Gasteiger charge is -2.18. The fourth-order valence-corrected chi connectivity index (χ4v) is 2.24. The molecule has 2 nitrogen and oxygen atoms in total. The molecule has 0 saturated heterocycles. The van der Waals surface area contributed by atoms with Crippen LogP contribution in [0.25, 0.3) is 0 Å². The molecule has 0 aliphatic heterocycles. The van der Waals surface area contributed by atoms with E-state index in [0.29, 0.717) is 6.42 Å². The van der Waals surface area contributed by atoms with Gasteiger partial charge in [-0.3, -0.25) is 0 Å². The molecule has 0 aliphatic rings. The van der Waals surface area contributed by atoms with Gasteiger partial charge in [-0.05, 0) is 52.3 Å². The van der Waals surface area contributed by atoms with Crippen molar-refractivity contribution in [2.45, 2.75) is 12.3 Å². The van der Waals surface area contributed by atoms with Crippen molar-refractivity contribution in [1.82, 2.24) is 0 Å². The summed E-state index contributed by atoms with van der Waals surface area (Å²) in [4.78, 5) is 11.3. The van der Waals surface area contributed by atoms with Crippen LogP contribution in [0, 0.1) is 3.57 Å². The molecule has 0 aliphatic carbocycles. The van der Waals surface area contributed by atoms with Crippen LogP contribution in [0.1, 0.15) is 17.0 Å². The van der Waals surface area contributed by atoms with Crippen molar-refractivity contribution in [3.63, 3.8) is 0 Å². The highest BCUT2D eigenvalue weighted by Gasteiger charge is 2.13. The van der Waals surface area contributed by atoms with Gasteiger partial charge in [0.05, 0.1) is 0 Å². The third kappa shape index (κ3) is 3.32. The first-order chi connectivity index (χ1) is 8.66.